The van der Waals surface area contributed by atoms with Crippen LogP contribution in [0, 0.1) is 16.7 Å². The Morgan fingerprint density at radius 3 is 2.44 bits per heavy atom. The van der Waals surface area contributed by atoms with Gasteiger partial charge in [-0.3, -0.25) is 0 Å². The number of methoxy groups -OCH3 is 1. The summed E-state index contributed by atoms with van der Waals surface area (Å²) >= 11 is 0. The molecule has 1 aromatic carbocycles. The lowest BCUT2D eigenvalue weighted by atomic mass is 9.45. The van der Waals surface area contributed by atoms with E-state index in [1.807, 2.05) is 24.3 Å². The zero-order chi connectivity index (χ0) is 19.5. The standard InChI is InChI=1S/C23H32O4/c1-20(2)11-10-19(26-15-16-6-8-17(25-5)9-7-16)22(4)18(14-24)21(3)12-13-23(20,22)27-21/h6-9,14,18-19H,10-13,15H2,1-5H3/t18-,19-,21+,22+,23-/m1/s1. The fraction of sp³-hybridized carbons (Fsp3) is 0.696. The lowest BCUT2D eigenvalue weighted by Gasteiger charge is -2.60. The maximum absolute atomic E-state index is 12.2. The largest absolute Gasteiger partial charge is 0.497 e. The number of ether oxygens (including phenoxy) is 3. The third-order valence-corrected chi connectivity index (χ3v) is 8.09. The molecule has 0 aromatic heterocycles. The Bertz CT molecular complexity index is 726. The predicted molar refractivity (Wildman–Crippen MR) is 104 cm³/mol. The summed E-state index contributed by atoms with van der Waals surface area (Å²) < 4.78 is 18.5. The molecule has 5 atom stereocenters. The van der Waals surface area contributed by atoms with Crippen molar-refractivity contribution in [3.63, 3.8) is 0 Å². The minimum absolute atomic E-state index is 0.0185. The zero-order valence-electron chi connectivity index (χ0n) is 17.2. The number of hydrogen-bond donors (Lipinski definition) is 0. The van der Waals surface area contributed by atoms with Crippen molar-refractivity contribution in [3.8, 4) is 5.75 Å². The first-order valence-electron chi connectivity index (χ1n) is 10.1. The van der Waals surface area contributed by atoms with Gasteiger partial charge in [0.15, 0.2) is 0 Å². The zero-order valence-corrected chi connectivity index (χ0v) is 17.2. The summed E-state index contributed by atoms with van der Waals surface area (Å²) in [7, 11) is 1.67. The molecule has 148 valence electrons. The van der Waals surface area contributed by atoms with Gasteiger partial charge in [0.05, 0.1) is 36.9 Å². The molecule has 0 radical (unpaired) electrons. The summed E-state index contributed by atoms with van der Waals surface area (Å²) in [4.78, 5) is 12.2. The van der Waals surface area contributed by atoms with E-state index in [9.17, 15) is 4.79 Å². The van der Waals surface area contributed by atoms with Gasteiger partial charge in [-0.1, -0.05) is 32.9 Å². The predicted octanol–water partition coefficient (Wildman–Crippen LogP) is 4.54. The van der Waals surface area contributed by atoms with Crippen LogP contribution in [-0.4, -0.2) is 30.7 Å². The Balaban J connectivity index is 1.63. The van der Waals surface area contributed by atoms with Gasteiger partial charge in [-0.2, -0.15) is 0 Å². The van der Waals surface area contributed by atoms with Gasteiger partial charge >= 0.3 is 0 Å². The van der Waals surface area contributed by atoms with Crippen LogP contribution in [-0.2, 0) is 20.9 Å². The van der Waals surface area contributed by atoms with Crippen LogP contribution < -0.4 is 4.74 Å². The van der Waals surface area contributed by atoms with E-state index in [1.54, 1.807) is 7.11 Å². The minimum Gasteiger partial charge on any atom is -0.497 e. The molecule has 1 saturated carbocycles. The Morgan fingerprint density at radius 1 is 1.11 bits per heavy atom. The fourth-order valence-corrected chi connectivity index (χ4v) is 6.53. The van der Waals surface area contributed by atoms with Gasteiger partial charge < -0.3 is 19.0 Å². The molecule has 1 spiro atoms. The monoisotopic (exact) mass is 372 g/mol. The molecule has 1 aliphatic carbocycles. The number of aldehydes is 1. The van der Waals surface area contributed by atoms with Crippen molar-refractivity contribution >= 4 is 6.29 Å². The number of hydrogen-bond acceptors (Lipinski definition) is 4. The van der Waals surface area contributed by atoms with E-state index in [0.29, 0.717) is 6.61 Å². The van der Waals surface area contributed by atoms with E-state index in [2.05, 4.69) is 27.7 Å². The van der Waals surface area contributed by atoms with Gasteiger partial charge in [0.2, 0.25) is 0 Å². The van der Waals surface area contributed by atoms with E-state index >= 15 is 0 Å². The molecule has 27 heavy (non-hydrogen) atoms. The van der Waals surface area contributed by atoms with Crippen molar-refractivity contribution in [1.29, 1.82) is 0 Å². The van der Waals surface area contributed by atoms with Crippen molar-refractivity contribution in [2.45, 2.75) is 77.3 Å². The number of rotatable bonds is 5. The van der Waals surface area contributed by atoms with E-state index in [0.717, 1.165) is 43.3 Å². The highest BCUT2D eigenvalue weighted by Gasteiger charge is 2.78. The number of fused-ring (bicyclic) bond motifs is 1. The Labute approximate surface area is 162 Å². The van der Waals surface area contributed by atoms with Gasteiger partial charge in [0.25, 0.3) is 0 Å². The summed E-state index contributed by atoms with van der Waals surface area (Å²) in [6, 6.07) is 8.00. The van der Waals surface area contributed by atoms with Crippen LogP contribution in [0.15, 0.2) is 24.3 Å². The quantitative estimate of drug-likeness (QED) is 0.712. The molecule has 3 aliphatic rings. The molecule has 2 aliphatic heterocycles. The van der Waals surface area contributed by atoms with Crippen LogP contribution in [0.3, 0.4) is 0 Å². The van der Waals surface area contributed by atoms with Crippen molar-refractivity contribution in [1.82, 2.24) is 0 Å². The van der Waals surface area contributed by atoms with Crippen LogP contribution in [0.5, 0.6) is 5.75 Å². The highest BCUT2D eigenvalue weighted by Crippen LogP contribution is 2.73. The molecule has 0 amide bonds. The molecule has 3 fully saturated rings. The smallest absolute Gasteiger partial charge is 0.126 e. The normalized spacial score (nSPS) is 42.0. The summed E-state index contributed by atoms with van der Waals surface area (Å²) in [5.74, 6) is 0.721. The highest BCUT2D eigenvalue weighted by molar-refractivity contribution is 5.61. The van der Waals surface area contributed by atoms with Crippen molar-refractivity contribution < 1.29 is 19.0 Å². The van der Waals surface area contributed by atoms with Gasteiger partial charge in [0.1, 0.15) is 12.0 Å². The second-order valence-electron chi connectivity index (χ2n) is 9.71. The molecular formula is C23H32O4. The molecule has 2 saturated heterocycles. The van der Waals surface area contributed by atoms with Crippen molar-refractivity contribution in [2.75, 3.05) is 7.11 Å². The Kier molecular flexibility index (Phi) is 4.25. The van der Waals surface area contributed by atoms with Gasteiger partial charge in [-0.05, 0) is 55.7 Å². The summed E-state index contributed by atoms with van der Waals surface area (Å²) in [6.07, 6.45) is 5.15. The average molecular weight is 373 g/mol. The molecule has 0 N–H and O–H groups in total. The molecular weight excluding hydrogens is 340 g/mol. The van der Waals surface area contributed by atoms with Crippen LogP contribution in [0.4, 0.5) is 0 Å². The van der Waals surface area contributed by atoms with Gasteiger partial charge in [0, 0.05) is 5.41 Å². The van der Waals surface area contributed by atoms with Crippen LogP contribution >= 0.6 is 0 Å². The maximum Gasteiger partial charge on any atom is 0.126 e. The number of benzene rings is 1. The van der Waals surface area contributed by atoms with Crippen LogP contribution in [0.25, 0.3) is 0 Å². The molecule has 4 nitrogen and oxygen atoms in total. The molecule has 4 heteroatoms. The first-order chi connectivity index (χ1) is 12.7. The van der Waals surface area contributed by atoms with E-state index < -0.39 is 0 Å². The second kappa shape index (κ2) is 6.05. The lowest BCUT2D eigenvalue weighted by Crippen LogP contribution is -2.65. The topological polar surface area (TPSA) is 44.8 Å². The summed E-state index contributed by atoms with van der Waals surface area (Å²) in [6.45, 7) is 9.54. The molecule has 1 aromatic rings. The third kappa shape index (κ3) is 2.39. The first kappa shape index (κ1) is 18.9. The summed E-state index contributed by atoms with van der Waals surface area (Å²) in [5.41, 5.74) is 0.215. The lowest BCUT2D eigenvalue weighted by molar-refractivity contribution is -0.216. The van der Waals surface area contributed by atoms with E-state index in [1.165, 1.54) is 0 Å². The van der Waals surface area contributed by atoms with Crippen molar-refractivity contribution in [3.05, 3.63) is 29.8 Å². The van der Waals surface area contributed by atoms with Gasteiger partial charge in [-0.25, -0.2) is 0 Å². The first-order valence-corrected chi connectivity index (χ1v) is 10.1. The van der Waals surface area contributed by atoms with Crippen LogP contribution in [0.2, 0.25) is 0 Å². The number of carbonyl (C=O) groups excluding carboxylic acids is 1. The van der Waals surface area contributed by atoms with Crippen molar-refractivity contribution in [2.24, 2.45) is 16.7 Å². The highest BCUT2D eigenvalue weighted by atomic mass is 16.6. The van der Waals surface area contributed by atoms with E-state index in [-0.39, 0.29) is 34.1 Å². The minimum atomic E-state index is -0.361. The van der Waals surface area contributed by atoms with Crippen LogP contribution in [0.1, 0.15) is 58.9 Å². The second-order valence-corrected chi connectivity index (χ2v) is 9.71. The molecule has 2 heterocycles. The maximum atomic E-state index is 12.2. The Hall–Kier alpha value is -1.39. The van der Waals surface area contributed by atoms with Gasteiger partial charge in [-0.15, -0.1) is 0 Å². The Morgan fingerprint density at radius 2 is 1.81 bits per heavy atom. The number of carbonyl (C=O) groups is 1. The fourth-order valence-electron chi connectivity index (χ4n) is 6.53. The SMILES string of the molecule is COc1ccc(CO[C@@H]2CCC(C)(C)[C@@]34CC[C@](C)(O3)[C@@H](C=O)[C@@]24C)cc1. The molecule has 2 bridgehead atoms. The average Bonchev–Trinajstić information content (AvgIpc) is 3.10. The molecule has 0 unspecified atom stereocenters. The molecule has 4 rings (SSSR count). The summed E-state index contributed by atoms with van der Waals surface area (Å²) in [5, 5.41) is 0. The third-order valence-electron chi connectivity index (χ3n) is 8.09. The van der Waals surface area contributed by atoms with E-state index in [4.69, 9.17) is 14.2 Å².